The molecule has 0 fully saturated rings. The summed E-state index contributed by atoms with van der Waals surface area (Å²) in [5, 5.41) is 10.8. The normalized spacial score (nSPS) is 10.4. The van der Waals surface area contributed by atoms with Crippen molar-refractivity contribution in [1.82, 2.24) is 0 Å². The van der Waals surface area contributed by atoms with E-state index in [9.17, 15) is 10.1 Å². The van der Waals surface area contributed by atoms with Crippen molar-refractivity contribution in [2.75, 3.05) is 0 Å². The van der Waals surface area contributed by atoms with Crippen molar-refractivity contribution in [3.05, 3.63) is 63.2 Å². The lowest BCUT2D eigenvalue weighted by Gasteiger charge is -2.04. The summed E-state index contributed by atoms with van der Waals surface area (Å²) in [7, 11) is 0. The lowest BCUT2D eigenvalue weighted by molar-refractivity contribution is -0.384. The monoisotopic (exact) mass is 293 g/mol. The minimum Gasteiger partial charge on any atom is -0.258 e. The smallest absolute Gasteiger partial charge is 0.258 e. The molecule has 0 heterocycles. The zero-order chi connectivity index (χ0) is 13.8. The van der Waals surface area contributed by atoms with Crippen LogP contribution in [0.3, 0.4) is 0 Å². The molecule has 0 bridgehead atoms. The largest absolute Gasteiger partial charge is 0.287 e. The Kier molecular flexibility index (Phi) is 4.45. The summed E-state index contributed by atoms with van der Waals surface area (Å²) in [6.07, 6.45) is 1.01. The SMILES string of the molecule is CCc1ccc(Sc2ccc([N+](=O)[O-])c(Cl)c2)cc1. The van der Waals surface area contributed by atoms with Gasteiger partial charge in [-0.25, -0.2) is 0 Å². The predicted octanol–water partition coefficient (Wildman–Crippen LogP) is 4.96. The molecule has 0 spiro atoms. The second-order valence-electron chi connectivity index (χ2n) is 3.97. The van der Waals surface area contributed by atoms with Gasteiger partial charge in [-0.15, -0.1) is 0 Å². The number of hydrogen-bond donors (Lipinski definition) is 0. The highest BCUT2D eigenvalue weighted by Crippen LogP contribution is 2.33. The molecule has 0 saturated carbocycles. The summed E-state index contributed by atoms with van der Waals surface area (Å²) in [4.78, 5) is 12.2. The Bertz CT molecular complexity index is 599. The van der Waals surface area contributed by atoms with Gasteiger partial charge in [0, 0.05) is 15.9 Å². The lowest BCUT2D eigenvalue weighted by Crippen LogP contribution is -1.88. The molecule has 5 heteroatoms. The van der Waals surface area contributed by atoms with E-state index < -0.39 is 4.92 Å². The third-order valence-electron chi connectivity index (χ3n) is 2.68. The summed E-state index contributed by atoms with van der Waals surface area (Å²) in [6, 6.07) is 13.0. The van der Waals surface area contributed by atoms with Gasteiger partial charge in [0.1, 0.15) is 5.02 Å². The maximum atomic E-state index is 10.7. The minimum absolute atomic E-state index is 0.0626. The average Bonchev–Trinajstić information content (AvgIpc) is 2.39. The van der Waals surface area contributed by atoms with Gasteiger partial charge in [0.15, 0.2) is 0 Å². The lowest BCUT2D eigenvalue weighted by atomic mass is 10.2. The van der Waals surface area contributed by atoms with Crippen molar-refractivity contribution in [1.29, 1.82) is 0 Å². The standard InChI is InChI=1S/C14H12ClNO2S/c1-2-10-3-5-11(6-4-10)19-12-7-8-14(16(17)18)13(15)9-12/h3-9H,2H2,1H3. The fourth-order valence-corrected chi connectivity index (χ4v) is 2.80. The minimum atomic E-state index is -0.479. The summed E-state index contributed by atoms with van der Waals surface area (Å²) in [5.41, 5.74) is 1.22. The highest BCUT2D eigenvalue weighted by Gasteiger charge is 2.12. The molecule has 2 rings (SSSR count). The van der Waals surface area contributed by atoms with Crippen LogP contribution in [0.2, 0.25) is 5.02 Å². The van der Waals surface area contributed by atoms with E-state index in [1.54, 1.807) is 12.1 Å². The van der Waals surface area contributed by atoms with Crippen LogP contribution in [0, 0.1) is 10.1 Å². The van der Waals surface area contributed by atoms with Crippen LogP contribution in [0.1, 0.15) is 12.5 Å². The number of rotatable bonds is 4. The van der Waals surface area contributed by atoms with E-state index in [0.29, 0.717) is 0 Å². The summed E-state index contributed by atoms with van der Waals surface area (Å²) in [5.74, 6) is 0. The van der Waals surface area contributed by atoms with E-state index >= 15 is 0 Å². The molecule has 0 aliphatic rings. The predicted molar refractivity (Wildman–Crippen MR) is 78.0 cm³/mol. The topological polar surface area (TPSA) is 43.1 Å². The summed E-state index contributed by atoms with van der Waals surface area (Å²) in [6.45, 7) is 2.11. The molecule has 0 aromatic heterocycles. The van der Waals surface area contributed by atoms with Crippen LogP contribution >= 0.6 is 23.4 Å². The van der Waals surface area contributed by atoms with Crippen molar-refractivity contribution in [3.63, 3.8) is 0 Å². The number of hydrogen-bond acceptors (Lipinski definition) is 3. The number of nitro benzene ring substituents is 1. The second-order valence-corrected chi connectivity index (χ2v) is 5.52. The Labute approximate surface area is 120 Å². The Hall–Kier alpha value is -1.52. The van der Waals surface area contributed by atoms with Crippen molar-refractivity contribution in [3.8, 4) is 0 Å². The quantitative estimate of drug-likeness (QED) is 0.591. The van der Waals surface area contributed by atoms with E-state index in [-0.39, 0.29) is 10.7 Å². The molecule has 0 radical (unpaired) electrons. The molecule has 3 nitrogen and oxygen atoms in total. The first-order chi connectivity index (χ1) is 9.10. The fourth-order valence-electron chi connectivity index (χ4n) is 1.63. The Balaban J connectivity index is 2.18. The van der Waals surface area contributed by atoms with Crippen LogP contribution in [0.4, 0.5) is 5.69 Å². The van der Waals surface area contributed by atoms with Gasteiger partial charge in [0.25, 0.3) is 5.69 Å². The Morgan fingerprint density at radius 2 is 1.79 bits per heavy atom. The maximum Gasteiger partial charge on any atom is 0.287 e. The maximum absolute atomic E-state index is 10.7. The van der Waals surface area contributed by atoms with E-state index in [1.807, 2.05) is 12.1 Å². The Morgan fingerprint density at radius 1 is 1.16 bits per heavy atom. The van der Waals surface area contributed by atoms with Crippen molar-refractivity contribution >= 4 is 29.1 Å². The highest BCUT2D eigenvalue weighted by molar-refractivity contribution is 7.99. The molecule has 0 N–H and O–H groups in total. The van der Waals surface area contributed by atoms with Gasteiger partial charge in [-0.1, -0.05) is 42.4 Å². The third kappa shape index (κ3) is 3.49. The van der Waals surface area contributed by atoms with Crippen LogP contribution in [0.5, 0.6) is 0 Å². The van der Waals surface area contributed by atoms with Gasteiger partial charge >= 0.3 is 0 Å². The first-order valence-electron chi connectivity index (χ1n) is 5.81. The molecule has 2 aromatic carbocycles. The highest BCUT2D eigenvalue weighted by atomic mass is 35.5. The van der Waals surface area contributed by atoms with Gasteiger partial charge in [0.05, 0.1) is 4.92 Å². The average molecular weight is 294 g/mol. The van der Waals surface area contributed by atoms with Gasteiger partial charge in [0.2, 0.25) is 0 Å². The molecule has 0 amide bonds. The second kappa shape index (κ2) is 6.08. The van der Waals surface area contributed by atoms with Gasteiger partial charge in [-0.3, -0.25) is 10.1 Å². The summed E-state index contributed by atoms with van der Waals surface area (Å²) >= 11 is 7.42. The molecule has 98 valence electrons. The third-order valence-corrected chi connectivity index (χ3v) is 3.98. The zero-order valence-corrected chi connectivity index (χ0v) is 11.9. The molecule has 0 unspecified atom stereocenters. The summed E-state index contributed by atoms with van der Waals surface area (Å²) < 4.78 is 0. The van der Waals surface area contributed by atoms with Gasteiger partial charge in [-0.05, 0) is 36.2 Å². The zero-order valence-electron chi connectivity index (χ0n) is 10.3. The van der Waals surface area contributed by atoms with Gasteiger partial charge in [-0.2, -0.15) is 0 Å². The number of halogens is 1. The molecule has 0 aliphatic carbocycles. The fraction of sp³-hybridized carbons (Fsp3) is 0.143. The van der Waals surface area contributed by atoms with E-state index in [1.165, 1.54) is 23.4 Å². The first-order valence-corrected chi connectivity index (χ1v) is 7.00. The molecule has 0 aliphatic heterocycles. The van der Waals surface area contributed by atoms with Crippen molar-refractivity contribution < 1.29 is 4.92 Å². The molecular weight excluding hydrogens is 282 g/mol. The number of nitro groups is 1. The van der Waals surface area contributed by atoms with Crippen molar-refractivity contribution in [2.24, 2.45) is 0 Å². The van der Waals surface area contributed by atoms with Crippen LogP contribution in [-0.4, -0.2) is 4.92 Å². The van der Waals surface area contributed by atoms with Crippen LogP contribution < -0.4 is 0 Å². The van der Waals surface area contributed by atoms with Crippen molar-refractivity contribution in [2.45, 2.75) is 23.1 Å². The first kappa shape index (κ1) is 13.9. The molecule has 0 atom stereocenters. The number of benzene rings is 2. The molecule has 19 heavy (non-hydrogen) atoms. The molecular formula is C14H12ClNO2S. The van der Waals surface area contributed by atoms with Crippen LogP contribution in [0.15, 0.2) is 52.3 Å². The molecule has 0 saturated heterocycles. The van der Waals surface area contributed by atoms with E-state index in [4.69, 9.17) is 11.6 Å². The Morgan fingerprint density at radius 3 is 2.32 bits per heavy atom. The number of nitrogens with zero attached hydrogens (tertiary/aromatic N) is 1. The van der Waals surface area contributed by atoms with Crippen LogP contribution in [-0.2, 0) is 6.42 Å². The van der Waals surface area contributed by atoms with Crippen LogP contribution in [0.25, 0.3) is 0 Å². The number of aryl methyl sites for hydroxylation is 1. The van der Waals surface area contributed by atoms with E-state index in [2.05, 4.69) is 19.1 Å². The van der Waals surface area contributed by atoms with Gasteiger partial charge < -0.3 is 0 Å². The van der Waals surface area contributed by atoms with E-state index in [0.717, 1.165) is 16.2 Å². The molecule has 2 aromatic rings.